The molecule has 0 aromatic carbocycles. The molecule has 28 heavy (non-hydrogen) atoms. The minimum absolute atomic E-state index is 0.0510. The van der Waals surface area contributed by atoms with Gasteiger partial charge in [0, 0.05) is 38.9 Å². The highest BCUT2D eigenvalue weighted by Gasteiger charge is 2.32. The zero-order valence-corrected chi connectivity index (χ0v) is 15.7. The van der Waals surface area contributed by atoms with Crippen LogP contribution >= 0.6 is 0 Å². The van der Waals surface area contributed by atoms with E-state index in [1.54, 1.807) is 24.2 Å². The topological polar surface area (TPSA) is 103 Å². The van der Waals surface area contributed by atoms with Crippen molar-refractivity contribution in [1.82, 2.24) is 24.4 Å². The van der Waals surface area contributed by atoms with Crippen LogP contribution in [0.25, 0.3) is 11.4 Å². The molecule has 1 amide bonds. The van der Waals surface area contributed by atoms with Gasteiger partial charge in [-0.3, -0.25) is 14.2 Å². The zero-order chi connectivity index (χ0) is 19.5. The number of hydrogen-bond acceptors (Lipinski definition) is 8. The van der Waals surface area contributed by atoms with Gasteiger partial charge in [0.2, 0.25) is 5.95 Å². The number of nitrogens with zero attached hydrogens (tertiary/aromatic N) is 6. The molecule has 2 fully saturated rings. The molecule has 2 aliphatic rings. The van der Waals surface area contributed by atoms with Crippen molar-refractivity contribution in [3.8, 4) is 11.4 Å². The summed E-state index contributed by atoms with van der Waals surface area (Å²) in [6.07, 6.45) is 2.43. The molecule has 0 radical (unpaired) electrons. The van der Waals surface area contributed by atoms with Gasteiger partial charge in [0.25, 0.3) is 11.5 Å². The van der Waals surface area contributed by atoms with Crippen molar-refractivity contribution in [2.75, 3.05) is 50.9 Å². The molecule has 4 rings (SSSR count). The third kappa shape index (κ3) is 3.73. The van der Waals surface area contributed by atoms with Crippen LogP contribution in [0.15, 0.2) is 29.5 Å². The highest BCUT2D eigenvalue weighted by Crippen LogP contribution is 2.19. The fraction of sp³-hybridized carbons (Fsp3) is 0.500. The second kappa shape index (κ2) is 8.03. The normalized spacial score (nSPS) is 20.2. The first-order valence-electron chi connectivity index (χ1n) is 9.21. The molecule has 2 aromatic heterocycles. The zero-order valence-electron chi connectivity index (χ0n) is 15.7. The monoisotopic (exact) mass is 386 g/mol. The summed E-state index contributed by atoms with van der Waals surface area (Å²) in [4.78, 5) is 41.6. The van der Waals surface area contributed by atoms with E-state index in [4.69, 9.17) is 9.47 Å². The van der Waals surface area contributed by atoms with E-state index >= 15 is 0 Å². The second-order valence-corrected chi connectivity index (χ2v) is 6.68. The number of ether oxygens (including phenoxy) is 2. The van der Waals surface area contributed by atoms with Crippen LogP contribution in [0.4, 0.5) is 5.95 Å². The summed E-state index contributed by atoms with van der Waals surface area (Å²) < 4.78 is 12.5. The third-order valence-electron chi connectivity index (χ3n) is 4.90. The van der Waals surface area contributed by atoms with Gasteiger partial charge in [-0.1, -0.05) is 0 Å². The standard InChI is InChI=1S/C18H22N6O4/c1-22-16(25)10-14(13-2-3-19-12-20-13)21-18(22)24-6-9-28-15(11-24)17(26)23-4-7-27-8-5-23/h2-3,10,12,15H,4-9,11H2,1H3. The summed E-state index contributed by atoms with van der Waals surface area (Å²) in [5, 5.41) is 0. The minimum atomic E-state index is -0.591. The Morgan fingerprint density at radius 2 is 2.00 bits per heavy atom. The van der Waals surface area contributed by atoms with Crippen LogP contribution in [0.1, 0.15) is 0 Å². The first kappa shape index (κ1) is 18.5. The second-order valence-electron chi connectivity index (χ2n) is 6.68. The molecule has 0 bridgehead atoms. The molecule has 148 valence electrons. The number of amides is 1. The van der Waals surface area contributed by atoms with Gasteiger partial charge in [-0.25, -0.2) is 15.0 Å². The van der Waals surface area contributed by atoms with E-state index in [1.807, 2.05) is 4.90 Å². The van der Waals surface area contributed by atoms with Gasteiger partial charge in [-0.05, 0) is 6.07 Å². The van der Waals surface area contributed by atoms with E-state index in [9.17, 15) is 9.59 Å². The van der Waals surface area contributed by atoms with Gasteiger partial charge in [-0.2, -0.15) is 0 Å². The lowest BCUT2D eigenvalue weighted by Gasteiger charge is -2.36. The van der Waals surface area contributed by atoms with Crippen LogP contribution in [0.5, 0.6) is 0 Å². The molecule has 2 aromatic rings. The van der Waals surface area contributed by atoms with Gasteiger partial charge in [-0.15, -0.1) is 0 Å². The summed E-state index contributed by atoms with van der Waals surface area (Å²) in [6.45, 7) is 3.48. The van der Waals surface area contributed by atoms with E-state index in [0.717, 1.165) is 0 Å². The Hall–Kier alpha value is -2.85. The van der Waals surface area contributed by atoms with Gasteiger partial charge in [0.1, 0.15) is 6.33 Å². The van der Waals surface area contributed by atoms with E-state index < -0.39 is 6.10 Å². The SMILES string of the molecule is Cn1c(N2CCOC(C(=O)N3CCOCC3)C2)nc(-c2ccncn2)cc1=O. The first-order chi connectivity index (χ1) is 13.6. The first-order valence-corrected chi connectivity index (χ1v) is 9.21. The van der Waals surface area contributed by atoms with Gasteiger partial charge in [0.05, 0.1) is 37.8 Å². The molecule has 10 nitrogen and oxygen atoms in total. The Morgan fingerprint density at radius 1 is 1.18 bits per heavy atom. The van der Waals surface area contributed by atoms with Crippen molar-refractivity contribution >= 4 is 11.9 Å². The van der Waals surface area contributed by atoms with Crippen molar-refractivity contribution in [2.24, 2.45) is 7.05 Å². The minimum Gasteiger partial charge on any atom is -0.378 e. The van der Waals surface area contributed by atoms with Gasteiger partial charge in [0.15, 0.2) is 6.10 Å². The molecule has 1 atom stereocenters. The lowest BCUT2D eigenvalue weighted by Crippen LogP contribution is -2.54. The quantitative estimate of drug-likeness (QED) is 0.682. The van der Waals surface area contributed by atoms with Gasteiger partial charge >= 0.3 is 0 Å². The molecule has 2 saturated heterocycles. The molecule has 0 saturated carbocycles. The van der Waals surface area contributed by atoms with Crippen molar-refractivity contribution in [3.05, 3.63) is 35.0 Å². The van der Waals surface area contributed by atoms with Crippen molar-refractivity contribution < 1.29 is 14.3 Å². The van der Waals surface area contributed by atoms with Crippen LogP contribution in [0, 0.1) is 0 Å². The average molecular weight is 386 g/mol. The Balaban J connectivity index is 1.58. The Morgan fingerprint density at radius 3 is 2.75 bits per heavy atom. The predicted molar refractivity (Wildman–Crippen MR) is 99.9 cm³/mol. The molecular weight excluding hydrogens is 364 g/mol. The molecule has 2 aliphatic heterocycles. The summed E-state index contributed by atoms with van der Waals surface area (Å²) in [7, 11) is 1.67. The van der Waals surface area contributed by atoms with Crippen LogP contribution < -0.4 is 10.5 Å². The Kier molecular flexibility index (Phi) is 5.31. The summed E-state index contributed by atoms with van der Waals surface area (Å²) in [5.74, 6) is 0.439. The predicted octanol–water partition coefficient (Wildman–Crippen LogP) is -0.699. The number of carbonyl (C=O) groups is 1. The van der Waals surface area contributed by atoms with Crippen LogP contribution in [-0.2, 0) is 21.3 Å². The molecule has 1 unspecified atom stereocenters. The highest BCUT2D eigenvalue weighted by atomic mass is 16.5. The summed E-state index contributed by atoms with van der Waals surface area (Å²) >= 11 is 0. The lowest BCUT2D eigenvalue weighted by molar-refractivity contribution is -0.148. The molecule has 0 aliphatic carbocycles. The smallest absolute Gasteiger partial charge is 0.255 e. The fourth-order valence-corrected chi connectivity index (χ4v) is 3.35. The average Bonchev–Trinajstić information content (AvgIpc) is 2.76. The Bertz CT molecular complexity index is 897. The number of anilines is 1. The van der Waals surface area contributed by atoms with Gasteiger partial charge < -0.3 is 19.3 Å². The number of morpholine rings is 2. The molecule has 0 spiro atoms. The molecule has 10 heteroatoms. The van der Waals surface area contributed by atoms with Crippen molar-refractivity contribution in [2.45, 2.75) is 6.10 Å². The van der Waals surface area contributed by atoms with E-state index in [1.165, 1.54) is 17.0 Å². The van der Waals surface area contributed by atoms with Crippen molar-refractivity contribution in [1.29, 1.82) is 0 Å². The number of hydrogen-bond donors (Lipinski definition) is 0. The number of aromatic nitrogens is 4. The van der Waals surface area contributed by atoms with E-state index in [0.29, 0.717) is 63.3 Å². The van der Waals surface area contributed by atoms with Crippen molar-refractivity contribution in [3.63, 3.8) is 0 Å². The maximum Gasteiger partial charge on any atom is 0.255 e. The molecular formula is C18H22N6O4. The molecule has 0 N–H and O–H groups in total. The summed E-state index contributed by atoms with van der Waals surface area (Å²) in [5.41, 5.74) is 0.854. The molecule has 4 heterocycles. The third-order valence-corrected chi connectivity index (χ3v) is 4.90. The Labute approximate surface area is 161 Å². The van der Waals surface area contributed by atoms with E-state index in [-0.39, 0.29) is 11.5 Å². The maximum atomic E-state index is 12.8. The number of carbonyl (C=O) groups excluding carboxylic acids is 1. The van der Waals surface area contributed by atoms with Crippen LogP contribution in [0.2, 0.25) is 0 Å². The lowest BCUT2D eigenvalue weighted by atomic mass is 10.2. The van der Waals surface area contributed by atoms with E-state index in [2.05, 4.69) is 15.0 Å². The summed E-state index contributed by atoms with van der Waals surface area (Å²) in [6, 6.07) is 3.15. The fourth-order valence-electron chi connectivity index (χ4n) is 3.35. The largest absolute Gasteiger partial charge is 0.378 e. The highest BCUT2D eigenvalue weighted by molar-refractivity contribution is 5.82. The van der Waals surface area contributed by atoms with Crippen LogP contribution in [0.3, 0.4) is 0 Å². The van der Waals surface area contributed by atoms with Crippen LogP contribution in [-0.4, -0.2) is 82.4 Å². The number of rotatable bonds is 3. The maximum absolute atomic E-state index is 12.8.